The summed E-state index contributed by atoms with van der Waals surface area (Å²) in [5.74, 6) is 0.359. The molecule has 0 heterocycles. The van der Waals surface area contributed by atoms with Crippen molar-refractivity contribution in [3.63, 3.8) is 0 Å². The average Bonchev–Trinajstić information content (AvgIpc) is 2.57. The normalized spacial score (nSPS) is 11.1. The van der Waals surface area contributed by atoms with E-state index in [2.05, 4.69) is 52.7 Å². The van der Waals surface area contributed by atoms with Crippen molar-refractivity contribution in [2.24, 2.45) is 0 Å². The van der Waals surface area contributed by atoms with E-state index >= 15 is 0 Å². The molecule has 2 radical (unpaired) electrons. The topological polar surface area (TPSA) is 20.2 Å². The lowest BCUT2D eigenvalue weighted by molar-refractivity contribution is 0.488. The van der Waals surface area contributed by atoms with Crippen molar-refractivity contribution in [3.05, 3.63) is 72.8 Å². The van der Waals surface area contributed by atoms with E-state index in [4.69, 9.17) is 0 Å². The Labute approximate surface area is 137 Å². The van der Waals surface area contributed by atoms with Crippen LogP contribution in [-0.2, 0) is 0 Å². The molecule has 0 saturated heterocycles. The van der Waals surface area contributed by atoms with Crippen LogP contribution < -0.4 is 4.43 Å². The molecule has 1 nitrogen and oxygen atoms in total. The number of phenolic OH excluding ortho intramolecular Hbond substituents is 1. The molecule has 0 aromatic heterocycles. The Morgan fingerprint density at radius 3 is 1.55 bits per heavy atom. The van der Waals surface area contributed by atoms with E-state index in [0.717, 1.165) is 26.0 Å². The largest absolute Gasteiger partial charge is 0.507 e. The fourth-order valence-corrected chi connectivity index (χ4v) is 3.26. The maximum atomic E-state index is 10.6. The first-order valence-electron chi connectivity index (χ1n) is 7.24. The van der Waals surface area contributed by atoms with Crippen molar-refractivity contribution < 1.29 is 5.11 Å². The van der Waals surface area contributed by atoms with Crippen LogP contribution in [-0.4, -0.2) is 21.4 Å². The molecule has 0 unspecified atom stereocenters. The fraction of sp³-hybridized carbons (Fsp3) is 0. The third kappa shape index (κ3) is 2.01. The zero-order chi connectivity index (χ0) is 15.1. The zero-order valence-corrected chi connectivity index (χ0v) is 13.1. The quantitative estimate of drug-likeness (QED) is 0.413. The van der Waals surface area contributed by atoms with Crippen molar-refractivity contribution in [3.8, 4) is 16.9 Å². The Morgan fingerprint density at radius 2 is 1.05 bits per heavy atom. The molecule has 0 saturated carbocycles. The van der Waals surface area contributed by atoms with Gasteiger partial charge in [0.05, 0.1) is 0 Å². The molecule has 0 aliphatic rings. The summed E-state index contributed by atoms with van der Waals surface area (Å²) < 4.78 is 1.16. The summed E-state index contributed by atoms with van der Waals surface area (Å²) in [6, 6.07) is 24.5. The van der Waals surface area contributed by atoms with Gasteiger partial charge in [-0.1, -0.05) is 72.8 Å². The van der Waals surface area contributed by atoms with Crippen LogP contribution in [0.4, 0.5) is 0 Å². The SMILES string of the molecule is Oc1c2ccccc2c(-c2cc[c]([Al])cc2)c2ccccc12. The van der Waals surface area contributed by atoms with Crippen molar-refractivity contribution in [2.75, 3.05) is 0 Å². The molecule has 0 bridgehead atoms. The Hall–Kier alpha value is -2.27. The lowest BCUT2D eigenvalue weighted by Crippen LogP contribution is -1.99. The van der Waals surface area contributed by atoms with Gasteiger partial charge in [0.25, 0.3) is 0 Å². The molecule has 0 atom stereocenters. The first-order valence-corrected chi connectivity index (χ1v) is 7.82. The van der Waals surface area contributed by atoms with Gasteiger partial charge in [0, 0.05) is 10.8 Å². The number of benzene rings is 4. The van der Waals surface area contributed by atoms with E-state index in [-0.39, 0.29) is 0 Å². The van der Waals surface area contributed by atoms with E-state index in [9.17, 15) is 5.11 Å². The number of rotatable bonds is 1. The lowest BCUT2D eigenvalue weighted by atomic mass is 9.91. The Balaban J connectivity index is 2.23. The van der Waals surface area contributed by atoms with Crippen molar-refractivity contribution >= 4 is 42.3 Å². The molecular weight excluding hydrogens is 283 g/mol. The van der Waals surface area contributed by atoms with Gasteiger partial charge in [-0.3, -0.25) is 0 Å². The summed E-state index contributed by atoms with van der Waals surface area (Å²) in [5.41, 5.74) is 2.34. The monoisotopic (exact) mass is 296 g/mol. The predicted molar refractivity (Wildman–Crippen MR) is 93.9 cm³/mol. The van der Waals surface area contributed by atoms with Gasteiger partial charge >= 0.3 is 0 Å². The van der Waals surface area contributed by atoms with Gasteiger partial charge in [-0.2, -0.15) is 0 Å². The average molecular weight is 296 g/mol. The summed E-state index contributed by atoms with van der Waals surface area (Å²) in [4.78, 5) is 0. The summed E-state index contributed by atoms with van der Waals surface area (Å²) >= 11 is 2.71. The van der Waals surface area contributed by atoms with Crippen LogP contribution in [0.3, 0.4) is 0 Å². The zero-order valence-electron chi connectivity index (χ0n) is 12.0. The highest BCUT2D eigenvalue weighted by Crippen LogP contribution is 2.41. The molecule has 0 aliphatic heterocycles. The minimum atomic E-state index is 0.359. The number of hydrogen-bond donors (Lipinski definition) is 1. The molecule has 102 valence electrons. The fourth-order valence-electron chi connectivity index (χ4n) is 3.07. The summed E-state index contributed by atoms with van der Waals surface area (Å²) in [5, 5.41) is 14.6. The summed E-state index contributed by atoms with van der Waals surface area (Å²) in [7, 11) is 0. The van der Waals surface area contributed by atoms with Crippen LogP contribution in [0.2, 0.25) is 0 Å². The standard InChI is InChI=1S/C20H13O.Al/c21-20-17-12-6-4-10-15(17)19(14-8-2-1-3-9-14)16-11-5-7-13-18(16)20;/h2-13,21H;. The van der Waals surface area contributed by atoms with Crippen LogP contribution in [0.1, 0.15) is 0 Å². The van der Waals surface area contributed by atoms with Crippen molar-refractivity contribution in [1.29, 1.82) is 0 Å². The Morgan fingerprint density at radius 1 is 0.591 bits per heavy atom. The van der Waals surface area contributed by atoms with Crippen LogP contribution in [0, 0.1) is 0 Å². The molecule has 4 aromatic rings. The van der Waals surface area contributed by atoms with E-state index in [1.54, 1.807) is 0 Å². The smallest absolute Gasteiger partial charge is 0.175 e. The van der Waals surface area contributed by atoms with E-state index in [1.807, 2.05) is 36.4 Å². The van der Waals surface area contributed by atoms with Crippen LogP contribution in [0.5, 0.6) is 5.75 Å². The molecule has 22 heavy (non-hydrogen) atoms. The van der Waals surface area contributed by atoms with E-state index in [1.165, 1.54) is 11.1 Å². The second-order valence-corrected chi connectivity index (χ2v) is 6.10. The molecule has 0 amide bonds. The molecule has 0 aliphatic carbocycles. The number of aromatic hydroxyl groups is 1. The maximum Gasteiger partial charge on any atom is 0.175 e. The summed E-state index contributed by atoms with van der Waals surface area (Å²) in [6.45, 7) is 0. The highest BCUT2D eigenvalue weighted by Gasteiger charge is 2.13. The maximum absolute atomic E-state index is 10.6. The highest BCUT2D eigenvalue weighted by molar-refractivity contribution is 6.32. The molecule has 0 fully saturated rings. The number of hydrogen-bond acceptors (Lipinski definition) is 1. The molecule has 4 rings (SSSR count). The second kappa shape index (κ2) is 5.18. The Kier molecular flexibility index (Phi) is 3.15. The predicted octanol–water partition coefficient (Wildman–Crippen LogP) is 4.16. The van der Waals surface area contributed by atoms with Crippen LogP contribution in [0.25, 0.3) is 32.7 Å². The number of fused-ring (bicyclic) bond motifs is 2. The third-order valence-corrected chi connectivity index (χ3v) is 4.49. The minimum absolute atomic E-state index is 0.359. The van der Waals surface area contributed by atoms with E-state index < -0.39 is 0 Å². The van der Waals surface area contributed by atoms with Crippen molar-refractivity contribution in [2.45, 2.75) is 0 Å². The molecular formula is C20H13AlO. The van der Waals surface area contributed by atoms with Crippen LogP contribution in [0.15, 0.2) is 72.8 Å². The van der Waals surface area contributed by atoms with Gasteiger partial charge in [-0.25, -0.2) is 0 Å². The molecule has 2 heteroatoms. The van der Waals surface area contributed by atoms with Gasteiger partial charge in [0.15, 0.2) is 16.3 Å². The molecule has 1 N–H and O–H groups in total. The van der Waals surface area contributed by atoms with Crippen LogP contribution >= 0.6 is 0 Å². The van der Waals surface area contributed by atoms with Gasteiger partial charge in [0.2, 0.25) is 0 Å². The first kappa shape index (κ1) is 13.4. The lowest BCUT2D eigenvalue weighted by Gasteiger charge is -2.14. The van der Waals surface area contributed by atoms with Gasteiger partial charge in [-0.05, 0) is 21.9 Å². The third-order valence-electron chi connectivity index (χ3n) is 4.10. The second-order valence-electron chi connectivity index (χ2n) is 5.44. The van der Waals surface area contributed by atoms with Gasteiger partial charge in [-0.15, -0.1) is 4.43 Å². The van der Waals surface area contributed by atoms with E-state index in [0.29, 0.717) is 5.75 Å². The minimum Gasteiger partial charge on any atom is -0.507 e. The molecule has 4 aromatic carbocycles. The molecule has 0 spiro atoms. The summed E-state index contributed by atoms with van der Waals surface area (Å²) in [6.07, 6.45) is 0. The first-order chi connectivity index (χ1) is 10.8. The Bertz CT molecular complexity index is 931. The number of phenols is 1. The van der Waals surface area contributed by atoms with Gasteiger partial charge in [0.1, 0.15) is 5.75 Å². The highest BCUT2D eigenvalue weighted by atomic mass is 27.0. The van der Waals surface area contributed by atoms with Gasteiger partial charge < -0.3 is 5.11 Å². The van der Waals surface area contributed by atoms with Crippen molar-refractivity contribution in [1.82, 2.24) is 0 Å².